The number of pyridine rings is 1. The van der Waals surface area contributed by atoms with E-state index in [2.05, 4.69) is 24.8 Å². The minimum absolute atomic E-state index is 0.221. The topological polar surface area (TPSA) is 121 Å². The predicted octanol–water partition coefficient (Wildman–Crippen LogP) is 1.34. The first-order chi connectivity index (χ1) is 14.8. The van der Waals surface area contributed by atoms with Gasteiger partial charge in [0, 0.05) is 55.9 Å². The van der Waals surface area contributed by atoms with E-state index in [4.69, 9.17) is 20.4 Å². The lowest BCUT2D eigenvalue weighted by molar-refractivity contribution is 0.122. The van der Waals surface area contributed by atoms with Crippen LogP contribution < -0.4 is 10.6 Å². The number of rotatable bonds is 5. The number of hydrogen-bond donors (Lipinski definition) is 1. The molecule has 1 saturated heterocycles. The Hall–Kier alpha value is -3.66. The highest BCUT2D eigenvalue weighted by Crippen LogP contribution is 2.27. The molecule has 4 aromatic heterocycles. The third-order valence-corrected chi connectivity index (χ3v) is 5.03. The van der Waals surface area contributed by atoms with E-state index in [1.54, 1.807) is 24.9 Å². The van der Waals surface area contributed by atoms with Gasteiger partial charge in [-0.3, -0.25) is 4.98 Å². The second-order valence-electron chi connectivity index (χ2n) is 6.98. The van der Waals surface area contributed by atoms with E-state index >= 15 is 0 Å². The van der Waals surface area contributed by atoms with Gasteiger partial charge < -0.3 is 19.9 Å². The van der Waals surface area contributed by atoms with Crippen molar-refractivity contribution in [3.05, 3.63) is 48.8 Å². The van der Waals surface area contributed by atoms with Crippen molar-refractivity contribution in [3.63, 3.8) is 0 Å². The maximum atomic E-state index is 5.66. The molecule has 0 unspecified atom stereocenters. The number of nitrogens with two attached hydrogens (primary N) is 1. The average molecular weight is 403 g/mol. The Morgan fingerprint density at radius 3 is 2.60 bits per heavy atom. The van der Waals surface area contributed by atoms with Gasteiger partial charge in [-0.05, 0) is 12.1 Å². The van der Waals surface area contributed by atoms with Crippen LogP contribution in [-0.4, -0.2) is 60.8 Å². The van der Waals surface area contributed by atoms with Crippen LogP contribution in [0.1, 0.15) is 5.69 Å². The van der Waals surface area contributed by atoms with Crippen LogP contribution in [0, 0.1) is 0 Å². The van der Waals surface area contributed by atoms with E-state index in [-0.39, 0.29) is 5.95 Å². The summed E-state index contributed by atoms with van der Waals surface area (Å²) >= 11 is 0. The molecule has 10 heteroatoms. The Bertz CT molecular complexity index is 1140. The molecule has 1 aliphatic rings. The van der Waals surface area contributed by atoms with Crippen molar-refractivity contribution >= 4 is 23.1 Å². The van der Waals surface area contributed by atoms with Gasteiger partial charge in [0.15, 0.2) is 5.65 Å². The molecule has 5 heterocycles. The van der Waals surface area contributed by atoms with E-state index in [1.807, 2.05) is 22.8 Å². The molecular weight excluding hydrogens is 382 g/mol. The number of hydrogen-bond acceptors (Lipinski definition) is 9. The zero-order valence-corrected chi connectivity index (χ0v) is 16.3. The zero-order valence-electron chi connectivity index (χ0n) is 16.3. The van der Waals surface area contributed by atoms with E-state index in [0.29, 0.717) is 36.9 Å². The van der Waals surface area contributed by atoms with Gasteiger partial charge >= 0.3 is 0 Å². The quantitative estimate of drug-likeness (QED) is 0.526. The summed E-state index contributed by atoms with van der Waals surface area (Å²) in [6.45, 7) is 3.50. The number of nitrogen functional groups attached to an aromatic ring is 1. The van der Waals surface area contributed by atoms with Crippen LogP contribution in [0.4, 0.5) is 11.9 Å². The molecular formula is C20H21N9O. The smallest absolute Gasteiger partial charge is 0.228 e. The zero-order chi connectivity index (χ0) is 20.3. The molecule has 0 aromatic carbocycles. The highest BCUT2D eigenvalue weighted by atomic mass is 16.5. The number of anilines is 2. The second-order valence-corrected chi connectivity index (χ2v) is 6.98. The number of ether oxygens (including phenoxy) is 1. The van der Waals surface area contributed by atoms with Crippen molar-refractivity contribution in [3.8, 4) is 11.3 Å². The van der Waals surface area contributed by atoms with E-state index < -0.39 is 0 Å². The highest BCUT2D eigenvalue weighted by Gasteiger charge is 2.20. The Labute approximate surface area is 172 Å². The van der Waals surface area contributed by atoms with E-state index in [0.717, 1.165) is 36.4 Å². The summed E-state index contributed by atoms with van der Waals surface area (Å²) in [4.78, 5) is 29.0. The SMILES string of the molecule is Nc1ncc(-c2nc(N3CCOCC3)nc3c2ncn3CCc2ccccn2)cn1. The van der Waals surface area contributed by atoms with Gasteiger partial charge in [0.2, 0.25) is 11.9 Å². The monoisotopic (exact) mass is 403 g/mol. The highest BCUT2D eigenvalue weighted by molar-refractivity contribution is 5.88. The molecule has 0 spiro atoms. The fraction of sp³-hybridized carbons (Fsp3) is 0.300. The lowest BCUT2D eigenvalue weighted by Crippen LogP contribution is -2.37. The largest absolute Gasteiger partial charge is 0.378 e. The molecule has 2 N–H and O–H groups in total. The minimum Gasteiger partial charge on any atom is -0.378 e. The summed E-state index contributed by atoms with van der Waals surface area (Å²) in [5.74, 6) is 0.871. The van der Waals surface area contributed by atoms with Crippen LogP contribution in [0.25, 0.3) is 22.4 Å². The molecule has 0 saturated carbocycles. The lowest BCUT2D eigenvalue weighted by Gasteiger charge is -2.27. The normalized spacial score (nSPS) is 14.3. The van der Waals surface area contributed by atoms with E-state index in [1.165, 1.54) is 0 Å². The van der Waals surface area contributed by atoms with Gasteiger partial charge in [-0.2, -0.15) is 4.98 Å². The Morgan fingerprint density at radius 2 is 1.83 bits per heavy atom. The van der Waals surface area contributed by atoms with Gasteiger partial charge in [0.05, 0.1) is 19.5 Å². The molecule has 0 radical (unpaired) electrons. The molecule has 0 amide bonds. The third-order valence-electron chi connectivity index (χ3n) is 5.03. The summed E-state index contributed by atoms with van der Waals surface area (Å²) in [7, 11) is 0. The number of imidazole rings is 1. The van der Waals surface area contributed by atoms with Crippen LogP contribution in [0.2, 0.25) is 0 Å². The van der Waals surface area contributed by atoms with Gasteiger partial charge in [-0.25, -0.2) is 19.9 Å². The Kier molecular flexibility index (Phi) is 4.89. The fourth-order valence-electron chi connectivity index (χ4n) is 3.44. The van der Waals surface area contributed by atoms with Crippen LogP contribution in [0.3, 0.4) is 0 Å². The van der Waals surface area contributed by atoms with Gasteiger partial charge in [0.25, 0.3) is 0 Å². The predicted molar refractivity (Wildman–Crippen MR) is 112 cm³/mol. The fourth-order valence-corrected chi connectivity index (χ4v) is 3.44. The van der Waals surface area contributed by atoms with Crippen molar-refractivity contribution < 1.29 is 4.74 Å². The first-order valence-corrected chi connectivity index (χ1v) is 9.81. The summed E-state index contributed by atoms with van der Waals surface area (Å²) < 4.78 is 7.52. The molecule has 5 rings (SSSR count). The molecule has 1 fully saturated rings. The number of nitrogens with zero attached hydrogens (tertiary/aromatic N) is 8. The van der Waals surface area contributed by atoms with Crippen LogP contribution in [0.15, 0.2) is 43.1 Å². The van der Waals surface area contributed by atoms with Crippen LogP contribution >= 0.6 is 0 Å². The molecule has 0 aliphatic carbocycles. The molecule has 0 bridgehead atoms. The Balaban J connectivity index is 1.57. The van der Waals surface area contributed by atoms with Crippen molar-refractivity contribution in [1.29, 1.82) is 0 Å². The van der Waals surface area contributed by atoms with Crippen LogP contribution in [-0.2, 0) is 17.7 Å². The lowest BCUT2D eigenvalue weighted by atomic mass is 10.2. The minimum atomic E-state index is 0.221. The third kappa shape index (κ3) is 3.64. The molecule has 10 nitrogen and oxygen atoms in total. The second kappa shape index (κ2) is 7.99. The number of morpholine rings is 1. The Morgan fingerprint density at radius 1 is 1.00 bits per heavy atom. The average Bonchev–Trinajstić information content (AvgIpc) is 3.22. The number of fused-ring (bicyclic) bond motifs is 1. The first-order valence-electron chi connectivity index (χ1n) is 9.81. The van der Waals surface area contributed by atoms with Crippen molar-refractivity contribution in [1.82, 2.24) is 34.5 Å². The van der Waals surface area contributed by atoms with Crippen LogP contribution in [0.5, 0.6) is 0 Å². The number of aryl methyl sites for hydroxylation is 2. The van der Waals surface area contributed by atoms with Crippen molar-refractivity contribution in [2.45, 2.75) is 13.0 Å². The molecule has 152 valence electrons. The molecule has 30 heavy (non-hydrogen) atoms. The summed E-state index contributed by atoms with van der Waals surface area (Å²) in [6, 6.07) is 5.93. The van der Waals surface area contributed by atoms with E-state index in [9.17, 15) is 0 Å². The maximum Gasteiger partial charge on any atom is 0.228 e. The van der Waals surface area contributed by atoms with Gasteiger partial charge in [-0.1, -0.05) is 6.07 Å². The van der Waals surface area contributed by atoms with Crippen molar-refractivity contribution in [2.24, 2.45) is 0 Å². The van der Waals surface area contributed by atoms with Gasteiger partial charge in [-0.15, -0.1) is 0 Å². The van der Waals surface area contributed by atoms with Gasteiger partial charge in [0.1, 0.15) is 11.2 Å². The first kappa shape index (κ1) is 18.4. The summed E-state index contributed by atoms with van der Waals surface area (Å²) in [5, 5.41) is 0. The standard InChI is InChI=1S/C20H21N9O/c21-19-23-11-14(12-24-19)16-17-18(27-20(26-16)28-7-9-30-10-8-28)29(13-25-17)6-4-15-3-1-2-5-22-15/h1-3,5,11-13H,4,6-10H2,(H2,21,23,24). The molecule has 0 atom stereocenters. The molecule has 4 aromatic rings. The summed E-state index contributed by atoms with van der Waals surface area (Å²) in [5.41, 5.74) is 9.61. The summed E-state index contributed by atoms with van der Waals surface area (Å²) in [6.07, 6.45) is 7.72. The van der Waals surface area contributed by atoms with Crippen molar-refractivity contribution in [2.75, 3.05) is 36.9 Å². The molecule has 1 aliphatic heterocycles. The maximum absolute atomic E-state index is 5.66. The number of aromatic nitrogens is 7.